The van der Waals surface area contributed by atoms with E-state index in [-0.39, 0.29) is 24.0 Å². The first-order valence-electron chi connectivity index (χ1n) is 7.78. The molecular formula is C18H25IN4O. The summed E-state index contributed by atoms with van der Waals surface area (Å²) in [6.07, 6.45) is 1.79. The van der Waals surface area contributed by atoms with Crippen LogP contribution in [0.3, 0.4) is 0 Å². The van der Waals surface area contributed by atoms with Gasteiger partial charge in [0.2, 0.25) is 0 Å². The summed E-state index contributed by atoms with van der Waals surface area (Å²) >= 11 is 0. The maximum Gasteiger partial charge on any atom is 0.191 e. The van der Waals surface area contributed by atoms with Crippen molar-refractivity contribution < 1.29 is 4.74 Å². The van der Waals surface area contributed by atoms with Crippen LogP contribution in [0.2, 0.25) is 0 Å². The minimum Gasteiger partial charge on any atom is -0.496 e. The summed E-state index contributed by atoms with van der Waals surface area (Å²) in [5.74, 6) is 1.63. The number of rotatable bonds is 6. The Morgan fingerprint density at radius 1 is 1.21 bits per heavy atom. The van der Waals surface area contributed by atoms with Crippen LogP contribution in [0.15, 0.2) is 47.6 Å². The quantitative estimate of drug-likeness (QED) is 0.411. The molecule has 5 nitrogen and oxygen atoms in total. The van der Waals surface area contributed by atoms with Gasteiger partial charge >= 0.3 is 0 Å². The first-order chi connectivity index (χ1) is 11.2. The summed E-state index contributed by atoms with van der Waals surface area (Å²) in [6, 6.07) is 12.0. The highest BCUT2D eigenvalue weighted by Gasteiger charge is 2.04. The molecule has 2 rings (SSSR count). The van der Waals surface area contributed by atoms with Crippen LogP contribution in [0.1, 0.15) is 23.7 Å². The van der Waals surface area contributed by atoms with Gasteiger partial charge in [0.1, 0.15) is 5.75 Å². The Morgan fingerprint density at radius 3 is 2.71 bits per heavy atom. The van der Waals surface area contributed by atoms with E-state index in [1.165, 1.54) is 5.56 Å². The highest BCUT2D eigenvalue weighted by atomic mass is 127. The Balaban J connectivity index is 0.00000288. The molecule has 0 radical (unpaired) electrons. The molecule has 0 aliphatic rings. The van der Waals surface area contributed by atoms with Gasteiger partial charge in [-0.05, 0) is 37.6 Å². The minimum absolute atomic E-state index is 0. The van der Waals surface area contributed by atoms with Crippen molar-refractivity contribution in [2.24, 2.45) is 4.99 Å². The van der Waals surface area contributed by atoms with Crippen molar-refractivity contribution in [2.75, 3.05) is 13.7 Å². The first-order valence-corrected chi connectivity index (χ1v) is 7.78. The fourth-order valence-electron chi connectivity index (χ4n) is 2.17. The number of pyridine rings is 1. The van der Waals surface area contributed by atoms with Crippen molar-refractivity contribution in [2.45, 2.75) is 26.9 Å². The zero-order valence-electron chi connectivity index (χ0n) is 14.4. The van der Waals surface area contributed by atoms with Gasteiger partial charge in [-0.3, -0.25) is 4.98 Å². The van der Waals surface area contributed by atoms with Crippen LogP contribution >= 0.6 is 24.0 Å². The van der Waals surface area contributed by atoms with Gasteiger partial charge in [-0.1, -0.05) is 18.2 Å². The van der Waals surface area contributed by atoms with Crippen molar-refractivity contribution in [3.05, 3.63) is 59.4 Å². The molecule has 130 valence electrons. The van der Waals surface area contributed by atoms with Gasteiger partial charge < -0.3 is 15.4 Å². The molecule has 2 aromatic rings. The molecule has 0 aliphatic heterocycles. The van der Waals surface area contributed by atoms with Crippen LogP contribution in [0, 0.1) is 6.92 Å². The average molecular weight is 440 g/mol. The van der Waals surface area contributed by atoms with Gasteiger partial charge in [0.05, 0.1) is 25.9 Å². The number of aromatic nitrogens is 1. The maximum absolute atomic E-state index is 5.43. The summed E-state index contributed by atoms with van der Waals surface area (Å²) in [6.45, 7) is 6.09. The normalized spacial score (nSPS) is 10.7. The molecule has 0 spiro atoms. The van der Waals surface area contributed by atoms with E-state index in [1.54, 1.807) is 13.3 Å². The molecule has 0 amide bonds. The number of aliphatic imine (C=N–C) groups is 1. The lowest BCUT2D eigenvalue weighted by molar-refractivity contribution is 0.409. The van der Waals surface area contributed by atoms with Gasteiger partial charge in [-0.2, -0.15) is 0 Å². The predicted octanol–water partition coefficient (Wildman–Crippen LogP) is 3.27. The van der Waals surface area contributed by atoms with E-state index in [1.807, 2.05) is 38.1 Å². The predicted molar refractivity (Wildman–Crippen MR) is 109 cm³/mol. The van der Waals surface area contributed by atoms with Crippen molar-refractivity contribution in [3.8, 4) is 5.75 Å². The number of guanidine groups is 1. The van der Waals surface area contributed by atoms with Crippen LogP contribution in [-0.4, -0.2) is 24.6 Å². The summed E-state index contributed by atoms with van der Waals surface area (Å²) in [5.41, 5.74) is 3.22. The summed E-state index contributed by atoms with van der Waals surface area (Å²) in [5, 5.41) is 6.53. The van der Waals surface area contributed by atoms with E-state index in [2.05, 4.69) is 32.7 Å². The molecule has 1 aromatic heterocycles. The summed E-state index contributed by atoms with van der Waals surface area (Å²) < 4.78 is 5.43. The molecule has 0 fully saturated rings. The van der Waals surface area contributed by atoms with Gasteiger partial charge in [0, 0.05) is 18.3 Å². The van der Waals surface area contributed by atoms with Crippen molar-refractivity contribution in [1.82, 2.24) is 15.6 Å². The number of hydrogen-bond donors (Lipinski definition) is 2. The van der Waals surface area contributed by atoms with Gasteiger partial charge in [0.15, 0.2) is 5.96 Å². The smallest absolute Gasteiger partial charge is 0.191 e. The third kappa shape index (κ3) is 6.35. The third-order valence-electron chi connectivity index (χ3n) is 3.36. The monoisotopic (exact) mass is 440 g/mol. The molecule has 0 aliphatic carbocycles. The lowest BCUT2D eigenvalue weighted by atomic mass is 10.1. The van der Waals surface area contributed by atoms with Crippen molar-refractivity contribution in [1.29, 1.82) is 0 Å². The molecule has 6 heteroatoms. The second-order valence-electron chi connectivity index (χ2n) is 5.19. The van der Waals surface area contributed by atoms with Crippen LogP contribution in [0.5, 0.6) is 5.75 Å². The number of halogens is 1. The lowest BCUT2D eigenvalue weighted by Gasteiger charge is -2.12. The Bertz CT molecular complexity index is 647. The van der Waals surface area contributed by atoms with E-state index in [0.29, 0.717) is 13.1 Å². The van der Waals surface area contributed by atoms with E-state index in [9.17, 15) is 0 Å². The second-order valence-corrected chi connectivity index (χ2v) is 5.19. The Labute approximate surface area is 161 Å². The van der Waals surface area contributed by atoms with Crippen LogP contribution < -0.4 is 15.4 Å². The molecule has 0 saturated heterocycles. The van der Waals surface area contributed by atoms with Gasteiger partial charge in [-0.25, -0.2) is 4.99 Å². The number of nitrogens with one attached hydrogen (secondary N) is 2. The van der Waals surface area contributed by atoms with E-state index >= 15 is 0 Å². The minimum atomic E-state index is 0. The third-order valence-corrected chi connectivity index (χ3v) is 3.36. The Hall–Kier alpha value is -1.83. The number of hydrogen-bond acceptors (Lipinski definition) is 3. The zero-order chi connectivity index (χ0) is 16.5. The largest absolute Gasteiger partial charge is 0.496 e. The molecule has 2 N–H and O–H groups in total. The summed E-state index contributed by atoms with van der Waals surface area (Å²) in [4.78, 5) is 8.92. The molecule has 24 heavy (non-hydrogen) atoms. The molecule has 0 saturated carbocycles. The fraction of sp³-hybridized carbons (Fsp3) is 0.333. The number of ether oxygens (including phenoxy) is 1. The van der Waals surface area contributed by atoms with Crippen LogP contribution in [-0.2, 0) is 13.1 Å². The lowest BCUT2D eigenvalue weighted by Crippen LogP contribution is -2.37. The van der Waals surface area contributed by atoms with Gasteiger partial charge in [0.25, 0.3) is 0 Å². The fourth-order valence-corrected chi connectivity index (χ4v) is 2.17. The van der Waals surface area contributed by atoms with Crippen molar-refractivity contribution in [3.63, 3.8) is 0 Å². The van der Waals surface area contributed by atoms with Gasteiger partial charge in [-0.15, -0.1) is 24.0 Å². The molecule has 0 unspecified atom stereocenters. The molecule has 1 heterocycles. The Kier molecular flexibility index (Phi) is 9.14. The molecule has 0 bridgehead atoms. The molecule has 1 aromatic carbocycles. The number of methoxy groups -OCH3 is 1. The second kappa shape index (κ2) is 10.9. The van der Waals surface area contributed by atoms with E-state index < -0.39 is 0 Å². The first kappa shape index (κ1) is 20.2. The zero-order valence-corrected chi connectivity index (χ0v) is 16.7. The topological polar surface area (TPSA) is 58.5 Å². The number of nitrogens with zero attached hydrogens (tertiary/aromatic N) is 2. The SMILES string of the molecule is CCNC(=NCc1ccc(C)cc1OC)NCc1ccccn1.I. The number of aryl methyl sites for hydroxylation is 1. The summed E-state index contributed by atoms with van der Waals surface area (Å²) in [7, 11) is 1.69. The average Bonchev–Trinajstić information content (AvgIpc) is 2.59. The van der Waals surface area contributed by atoms with Crippen LogP contribution in [0.4, 0.5) is 0 Å². The van der Waals surface area contributed by atoms with E-state index in [0.717, 1.165) is 29.5 Å². The highest BCUT2D eigenvalue weighted by Crippen LogP contribution is 2.20. The molecule has 0 atom stereocenters. The highest BCUT2D eigenvalue weighted by molar-refractivity contribution is 14.0. The Morgan fingerprint density at radius 2 is 2.04 bits per heavy atom. The standard InChI is InChI=1S/C18H24N4O.HI/c1-4-19-18(22-13-16-7-5-6-10-20-16)21-12-15-9-8-14(2)11-17(15)23-3;/h5-11H,4,12-13H2,1-3H3,(H2,19,21,22);1H. The maximum atomic E-state index is 5.43. The van der Waals surface area contributed by atoms with Crippen molar-refractivity contribution >= 4 is 29.9 Å². The number of benzene rings is 1. The molecular weight excluding hydrogens is 415 g/mol. The van der Waals surface area contributed by atoms with Crippen LogP contribution in [0.25, 0.3) is 0 Å². The van der Waals surface area contributed by atoms with E-state index in [4.69, 9.17) is 4.74 Å².